The van der Waals surface area contributed by atoms with Crippen molar-refractivity contribution in [3.05, 3.63) is 72.9 Å². The Labute approximate surface area is 472 Å². The fraction of sp³-hybridized carbons (Fsp3) is 0.786. The summed E-state index contributed by atoms with van der Waals surface area (Å²) in [5, 5.41) is 0. The number of carbonyl (C=O) groups is 3. The third kappa shape index (κ3) is 61.7. The average molecular weight is 1060 g/mol. The molecule has 0 aromatic heterocycles. The Morgan fingerprint density at radius 2 is 0.487 bits per heavy atom. The summed E-state index contributed by atoms with van der Waals surface area (Å²) in [6.45, 7) is 6.57. The molecule has 1 atom stereocenters. The van der Waals surface area contributed by atoms with E-state index in [-0.39, 0.29) is 31.1 Å². The minimum Gasteiger partial charge on any atom is -0.462 e. The van der Waals surface area contributed by atoms with Crippen molar-refractivity contribution in [3.63, 3.8) is 0 Å². The molecule has 0 aromatic carbocycles. The smallest absolute Gasteiger partial charge is 0.306 e. The third-order valence-corrected chi connectivity index (χ3v) is 14.4. The van der Waals surface area contributed by atoms with E-state index in [1.807, 2.05) is 0 Å². The Morgan fingerprint density at radius 3 is 0.789 bits per heavy atom. The first-order chi connectivity index (χ1) is 37.5. The molecule has 6 nitrogen and oxygen atoms in total. The summed E-state index contributed by atoms with van der Waals surface area (Å²) in [5.41, 5.74) is 0. The molecule has 440 valence electrons. The molecule has 0 bridgehead atoms. The van der Waals surface area contributed by atoms with Crippen molar-refractivity contribution in [1.82, 2.24) is 0 Å². The molecule has 0 radical (unpaired) electrons. The summed E-state index contributed by atoms with van der Waals surface area (Å²) in [7, 11) is 0. The van der Waals surface area contributed by atoms with Crippen molar-refractivity contribution in [1.29, 1.82) is 0 Å². The lowest BCUT2D eigenvalue weighted by Gasteiger charge is -2.18. The highest BCUT2D eigenvalue weighted by Crippen LogP contribution is 2.17. The minimum atomic E-state index is -0.788. The number of esters is 3. The van der Waals surface area contributed by atoms with Crippen molar-refractivity contribution < 1.29 is 28.6 Å². The largest absolute Gasteiger partial charge is 0.462 e. The number of hydrogen-bond acceptors (Lipinski definition) is 6. The van der Waals surface area contributed by atoms with E-state index < -0.39 is 6.10 Å². The van der Waals surface area contributed by atoms with Gasteiger partial charge in [-0.25, -0.2) is 0 Å². The summed E-state index contributed by atoms with van der Waals surface area (Å²) in [6.07, 6.45) is 83.5. The second-order valence-electron chi connectivity index (χ2n) is 22.0. The molecule has 0 spiro atoms. The highest BCUT2D eigenvalue weighted by Gasteiger charge is 2.19. The van der Waals surface area contributed by atoms with Crippen LogP contribution >= 0.6 is 0 Å². The third-order valence-electron chi connectivity index (χ3n) is 14.4. The summed E-state index contributed by atoms with van der Waals surface area (Å²) in [5.74, 6) is -0.898. The van der Waals surface area contributed by atoms with Gasteiger partial charge in [-0.1, -0.05) is 280 Å². The van der Waals surface area contributed by atoms with E-state index in [1.165, 1.54) is 186 Å². The maximum Gasteiger partial charge on any atom is 0.306 e. The van der Waals surface area contributed by atoms with E-state index >= 15 is 0 Å². The zero-order valence-electron chi connectivity index (χ0n) is 50.5. The normalized spacial score (nSPS) is 12.5. The second-order valence-corrected chi connectivity index (χ2v) is 22.0. The van der Waals surface area contributed by atoms with Crippen LogP contribution in [0.25, 0.3) is 0 Å². The van der Waals surface area contributed by atoms with Crippen LogP contribution < -0.4 is 0 Å². The van der Waals surface area contributed by atoms with Gasteiger partial charge < -0.3 is 14.2 Å². The zero-order valence-corrected chi connectivity index (χ0v) is 50.5. The first-order valence-corrected chi connectivity index (χ1v) is 32.9. The fourth-order valence-corrected chi connectivity index (χ4v) is 9.40. The zero-order chi connectivity index (χ0) is 55.0. The van der Waals surface area contributed by atoms with Crippen molar-refractivity contribution in [2.45, 2.75) is 341 Å². The predicted octanol–water partition coefficient (Wildman–Crippen LogP) is 22.5. The summed E-state index contributed by atoms with van der Waals surface area (Å²) in [4.78, 5) is 38.3. The Kier molecular flexibility index (Phi) is 61.7. The van der Waals surface area contributed by atoms with Gasteiger partial charge in [-0.3, -0.25) is 14.4 Å². The van der Waals surface area contributed by atoms with Gasteiger partial charge in [0, 0.05) is 19.3 Å². The van der Waals surface area contributed by atoms with Gasteiger partial charge in [0.1, 0.15) is 13.2 Å². The number of carbonyl (C=O) groups excluding carboxylic acids is 3. The van der Waals surface area contributed by atoms with E-state index in [1.54, 1.807) is 0 Å². The van der Waals surface area contributed by atoms with Gasteiger partial charge >= 0.3 is 17.9 Å². The molecule has 6 heteroatoms. The highest BCUT2D eigenvalue weighted by molar-refractivity contribution is 5.71. The molecule has 0 heterocycles. The van der Waals surface area contributed by atoms with Crippen LogP contribution in [0.1, 0.15) is 335 Å². The van der Waals surface area contributed by atoms with Gasteiger partial charge in [-0.2, -0.15) is 0 Å². The van der Waals surface area contributed by atoms with E-state index in [2.05, 4.69) is 93.7 Å². The first kappa shape index (κ1) is 72.8. The molecule has 0 aliphatic carbocycles. The Balaban J connectivity index is 4.22. The van der Waals surface area contributed by atoms with E-state index in [0.717, 1.165) is 109 Å². The molecular weight excluding hydrogens is 937 g/mol. The molecule has 0 fully saturated rings. The fourth-order valence-electron chi connectivity index (χ4n) is 9.40. The lowest BCUT2D eigenvalue weighted by Crippen LogP contribution is -2.30. The first-order valence-electron chi connectivity index (χ1n) is 32.9. The van der Waals surface area contributed by atoms with E-state index in [9.17, 15) is 14.4 Å². The van der Waals surface area contributed by atoms with E-state index in [4.69, 9.17) is 14.2 Å². The number of rotatable bonds is 60. The van der Waals surface area contributed by atoms with Crippen LogP contribution in [0.3, 0.4) is 0 Å². The van der Waals surface area contributed by atoms with Crippen LogP contribution in [0.5, 0.6) is 0 Å². The Hall–Kier alpha value is -3.15. The molecule has 0 aromatic rings. The molecule has 0 aliphatic rings. The van der Waals surface area contributed by atoms with Crippen LogP contribution in [0.15, 0.2) is 72.9 Å². The van der Waals surface area contributed by atoms with Gasteiger partial charge in [0.15, 0.2) is 6.10 Å². The summed E-state index contributed by atoms with van der Waals surface area (Å²) >= 11 is 0. The molecule has 0 saturated heterocycles. The Morgan fingerprint density at radius 1 is 0.263 bits per heavy atom. The molecule has 0 aliphatic heterocycles. The lowest BCUT2D eigenvalue weighted by atomic mass is 10.0. The molecular formula is C70H124O6. The van der Waals surface area contributed by atoms with Gasteiger partial charge in [-0.15, -0.1) is 0 Å². The van der Waals surface area contributed by atoms with Crippen LogP contribution in [0, 0.1) is 0 Å². The number of allylic oxidation sites excluding steroid dienone is 12. The molecule has 0 rings (SSSR count). The standard InChI is InChI=1S/C70H124O6/c1-4-7-10-13-16-19-22-25-28-29-30-31-32-33-34-35-36-37-38-39-40-41-43-45-48-51-54-57-60-63-69(72)75-66-67(65-74-68(71)62-59-56-53-50-47-44-27-24-21-18-15-12-9-6-3)76-70(73)64-61-58-55-52-49-46-42-26-23-20-17-14-11-8-5-2/h15,17-18,20,22,24-27,29-30,42,67H,4-14,16,19,21,23,28,31-41,43-66H2,1-3H3/b18-15-,20-17-,25-22-,27-24-,30-29-,42-26-. The van der Waals surface area contributed by atoms with Crippen LogP contribution in [0.2, 0.25) is 0 Å². The number of unbranched alkanes of at least 4 members (excludes halogenated alkanes) is 37. The van der Waals surface area contributed by atoms with Crippen molar-refractivity contribution in [3.8, 4) is 0 Å². The number of ether oxygens (including phenoxy) is 3. The van der Waals surface area contributed by atoms with Gasteiger partial charge in [0.25, 0.3) is 0 Å². The topological polar surface area (TPSA) is 78.9 Å². The van der Waals surface area contributed by atoms with Gasteiger partial charge in [0.05, 0.1) is 0 Å². The second kappa shape index (κ2) is 64.4. The van der Waals surface area contributed by atoms with Crippen LogP contribution in [-0.2, 0) is 28.6 Å². The lowest BCUT2D eigenvalue weighted by molar-refractivity contribution is -0.167. The van der Waals surface area contributed by atoms with Crippen molar-refractivity contribution in [2.24, 2.45) is 0 Å². The van der Waals surface area contributed by atoms with Crippen molar-refractivity contribution in [2.75, 3.05) is 13.2 Å². The molecule has 0 N–H and O–H groups in total. The van der Waals surface area contributed by atoms with Crippen LogP contribution in [-0.4, -0.2) is 37.2 Å². The maximum atomic E-state index is 12.9. The summed E-state index contributed by atoms with van der Waals surface area (Å²) < 4.78 is 16.9. The van der Waals surface area contributed by atoms with Crippen LogP contribution in [0.4, 0.5) is 0 Å². The highest BCUT2D eigenvalue weighted by atomic mass is 16.6. The molecule has 1 unspecified atom stereocenters. The molecule has 0 saturated carbocycles. The Bertz CT molecular complexity index is 1400. The number of hydrogen-bond donors (Lipinski definition) is 0. The predicted molar refractivity (Wildman–Crippen MR) is 330 cm³/mol. The van der Waals surface area contributed by atoms with E-state index in [0.29, 0.717) is 19.3 Å². The van der Waals surface area contributed by atoms with Gasteiger partial charge in [-0.05, 0) is 109 Å². The van der Waals surface area contributed by atoms with Crippen molar-refractivity contribution >= 4 is 17.9 Å². The molecule has 0 amide bonds. The average Bonchev–Trinajstić information content (AvgIpc) is 3.42. The van der Waals surface area contributed by atoms with Gasteiger partial charge in [0.2, 0.25) is 0 Å². The quantitative estimate of drug-likeness (QED) is 0.0261. The maximum absolute atomic E-state index is 12.9. The summed E-state index contributed by atoms with van der Waals surface area (Å²) in [6, 6.07) is 0. The minimum absolute atomic E-state index is 0.0834. The molecule has 76 heavy (non-hydrogen) atoms. The monoisotopic (exact) mass is 1060 g/mol. The SMILES string of the molecule is CCCC/C=C\C/C=C\CCCCCCCC(=O)OCC(COC(=O)CCCCCCCCCCCCCCCCCCC/C=C\C/C=C\CCCCCCC)OC(=O)CCCCCCC/C=C\C/C=C\CCCCC.